The molecular formula is C13H21N3O4. The molecule has 1 N–H and O–H groups in total. The molecule has 2 rings (SSSR count). The number of carbonyl (C=O) groups is 1. The number of hydrogen-bond acceptors (Lipinski definition) is 5. The third-order valence-corrected chi connectivity index (χ3v) is 3.23. The molecule has 0 aromatic carbocycles. The first-order valence-electron chi connectivity index (χ1n) is 6.86. The van der Waals surface area contributed by atoms with E-state index in [4.69, 9.17) is 4.74 Å². The van der Waals surface area contributed by atoms with Crippen LogP contribution in [0.4, 0.5) is 4.79 Å². The number of nitrogens with zero attached hydrogens (tertiary/aromatic N) is 2. The van der Waals surface area contributed by atoms with Crippen molar-refractivity contribution in [2.45, 2.75) is 45.6 Å². The second kappa shape index (κ2) is 5.68. The number of nitrogens with one attached hydrogen (secondary N) is 1. The molecule has 1 aromatic heterocycles. The fourth-order valence-corrected chi connectivity index (χ4v) is 2.27. The molecule has 1 aliphatic heterocycles. The van der Waals surface area contributed by atoms with E-state index >= 15 is 0 Å². The van der Waals surface area contributed by atoms with Crippen molar-refractivity contribution in [3.8, 4) is 0 Å². The molecular weight excluding hydrogens is 262 g/mol. The van der Waals surface area contributed by atoms with Gasteiger partial charge in [0.05, 0.1) is 0 Å². The Labute approximate surface area is 117 Å². The van der Waals surface area contributed by atoms with E-state index in [1.54, 1.807) is 4.90 Å². The zero-order valence-electron chi connectivity index (χ0n) is 12.1. The number of H-pyrrole nitrogens is 1. The highest BCUT2D eigenvalue weighted by atomic mass is 16.6. The first-order valence-corrected chi connectivity index (χ1v) is 6.86. The molecule has 1 saturated heterocycles. The van der Waals surface area contributed by atoms with Gasteiger partial charge < -0.3 is 9.64 Å². The number of aromatic amines is 1. The van der Waals surface area contributed by atoms with Crippen molar-refractivity contribution in [2.24, 2.45) is 5.92 Å². The summed E-state index contributed by atoms with van der Waals surface area (Å²) in [7, 11) is 0. The van der Waals surface area contributed by atoms with Crippen molar-refractivity contribution in [3.05, 3.63) is 16.4 Å². The number of likely N-dealkylation sites (tertiary alicyclic amines) is 1. The van der Waals surface area contributed by atoms with Crippen molar-refractivity contribution in [1.82, 2.24) is 15.0 Å². The third-order valence-electron chi connectivity index (χ3n) is 3.23. The molecule has 7 nitrogen and oxygen atoms in total. The van der Waals surface area contributed by atoms with Crippen LogP contribution in [0.2, 0.25) is 0 Å². The standard InChI is InChI=1S/C13H21N3O4/c1-13(2,3)19-12(18)16-6-4-9(5-7-16)8-10-14-11(17)20-15-10/h9H,4-8H2,1-3H3,(H,14,15,17). The minimum Gasteiger partial charge on any atom is -0.444 e. The zero-order chi connectivity index (χ0) is 14.8. The third kappa shape index (κ3) is 4.11. The lowest BCUT2D eigenvalue weighted by Gasteiger charge is -2.33. The Bertz CT molecular complexity index is 506. The van der Waals surface area contributed by atoms with Crippen molar-refractivity contribution < 1.29 is 14.1 Å². The molecule has 0 saturated carbocycles. The van der Waals surface area contributed by atoms with E-state index in [-0.39, 0.29) is 6.09 Å². The Morgan fingerprint density at radius 1 is 1.45 bits per heavy atom. The molecule has 1 aliphatic rings. The molecule has 1 fully saturated rings. The average Bonchev–Trinajstić information content (AvgIpc) is 2.73. The summed E-state index contributed by atoms with van der Waals surface area (Å²) in [6.45, 7) is 6.92. The summed E-state index contributed by atoms with van der Waals surface area (Å²) >= 11 is 0. The highest BCUT2D eigenvalue weighted by molar-refractivity contribution is 5.68. The first-order chi connectivity index (χ1) is 9.33. The molecule has 1 amide bonds. The Balaban J connectivity index is 1.80. The van der Waals surface area contributed by atoms with Crippen LogP contribution in [0.25, 0.3) is 0 Å². The minimum absolute atomic E-state index is 0.259. The normalized spacial score (nSPS) is 17.2. The van der Waals surface area contributed by atoms with E-state index < -0.39 is 11.4 Å². The van der Waals surface area contributed by atoms with Gasteiger partial charge in [0.1, 0.15) is 5.60 Å². The minimum atomic E-state index is -0.522. The van der Waals surface area contributed by atoms with Crippen LogP contribution in [0, 0.1) is 5.92 Å². The second-order valence-electron chi connectivity index (χ2n) is 6.16. The number of rotatable bonds is 2. The van der Waals surface area contributed by atoms with Crippen LogP contribution in [-0.4, -0.2) is 39.8 Å². The molecule has 20 heavy (non-hydrogen) atoms. The average molecular weight is 283 g/mol. The largest absolute Gasteiger partial charge is 0.444 e. The molecule has 0 radical (unpaired) electrons. The van der Waals surface area contributed by atoms with E-state index in [0.29, 0.717) is 31.3 Å². The van der Waals surface area contributed by atoms with Crippen LogP contribution < -0.4 is 5.76 Å². The smallest absolute Gasteiger partial charge is 0.438 e. The molecule has 7 heteroatoms. The predicted octanol–water partition coefficient (Wildman–Crippen LogP) is 1.55. The summed E-state index contributed by atoms with van der Waals surface area (Å²) in [6, 6.07) is 0. The Morgan fingerprint density at radius 2 is 2.10 bits per heavy atom. The maximum atomic E-state index is 11.9. The number of hydrogen-bond donors (Lipinski definition) is 1. The van der Waals surface area contributed by atoms with Gasteiger partial charge in [0, 0.05) is 19.5 Å². The van der Waals surface area contributed by atoms with Gasteiger partial charge in [0.15, 0.2) is 5.82 Å². The molecule has 1 aromatic rings. The van der Waals surface area contributed by atoms with Gasteiger partial charge in [0.25, 0.3) is 0 Å². The Hall–Kier alpha value is -1.79. The number of carbonyl (C=O) groups excluding carboxylic acids is 1. The van der Waals surface area contributed by atoms with Crippen LogP contribution in [0.15, 0.2) is 9.32 Å². The second-order valence-corrected chi connectivity index (χ2v) is 6.16. The molecule has 0 bridgehead atoms. The fraction of sp³-hybridized carbons (Fsp3) is 0.769. The number of amides is 1. The van der Waals surface area contributed by atoms with Gasteiger partial charge >= 0.3 is 11.8 Å². The van der Waals surface area contributed by atoms with Crippen molar-refractivity contribution in [2.75, 3.05) is 13.1 Å². The summed E-state index contributed by atoms with van der Waals surface area (Å²) in [5, 5.41) is 3.66. The van der Waals surface area contributed by atoms with Crippen LogP contribution in [0.5, 0.6) is 0 Å². The predicted molar refractivity (Wildman–Crippen MR) is 71.4 cm³/mol. The summed E-state index contributed by atoms with van der Waals surface area (Å²) in [5.41, 5.74) is -0.464. The topological polar surface area (TPSA) is 88.4 Å². The number of aromatic nitrogens is 2. The van der Waals surface area contributed by atoms with E-state index in [0.717, 1.165) is 12.8 Å². The van der Waals surface area contributed by atoms with E-state index in [1.165, 1.54) is 0 Å². The van der Waals surface area contributed by atoms with Crippen LogP contribution in [-0.2, 0) is 11.2 Å². The van der Waals surface area contributed by atoms with Crippen LogP contribution in [0.3, 0.4) is 0 Å². The first kappa shape index (κ1) is 14.6. The van der Waals surface area contributed by atoms with Crippen molar-refractivity contribution >= 4 is 6.09 Å². The zero-order valence-corrected chi connectivity index (χ0v) is 12.1. The summed E-state index contributed by atoms with van der Waals surface area (Å²) in [4.78, 5) is 27.0. The molecule has 2 heterocycles. The Morgan fingerprint density at radius 3 is 2.60 bits per heavy atom. The number of ether oxygens (including phenoxy) is 1. The van der Waals surface area contributed by atoms with Crippen molar-refractivity contribution in [1.29, 1.82) is 0 Å². The summed E-state index contributed by atoms with van der Waals surface area (Å²) < 4.78 is 9.82. The highest BCUT2D eigenvalue weighted by Crippen LogP contribution is 2.21. The highest BCUT2D eigenvalue weighted by Gasteiger charge is 2.27. The van der Waals surface area contributed by atoms with E-state index in [1.807, 2.05) is 20.8 Å². The van der Waals surface area contributed by atoms with Gasteiger partial charge in [-0.3, -0.25) is 9.51 Å². The molecule has 0 spiro atoms. The summed E-state index contributed by atoms with van der Waals surface area (Å²) in [6.07, 6.45) is 2.15. The van der Waals surface area contributed by atoms with Gasteiger partial charge in [-0.15, -0.1) is 0 Å². The van der Waals surface area contributed by atoms with E-state index in [2.05, 4.69) is 14.7 Å². The van der Waals surface area contributed by atoms with Crippen molar-refractivity contribution in [3.63, 3.8) is 0 Å². The van der Waals surface area contributed by atoms with Gasteiger partial charge in [0.2, 0.25) is 0 Å². The van der Waals surface area contributed by atoms with Gasteiger partial charge in [-0.2, -0.15) is 0 Å². The fourth-order valence-electron chi connectivity index (χ4n) is 2.27. The quantitative estimate of drug-likeness (QED) is 0.889. The van der Waals surface area contributed by atoms with E-state index in [9.17, 15) is 9.59 Å². The lowest BCUT2D eigenvalue weighted by Crippen LogP contribution is -2.42. The molecule has 112 valence electrons. The number of piperidine rings is 1. The van der Waals surface area contributed by atoms with Crippen LogP contribution >= 0.6 is 0 Å². The maximum absolute atomic E-state index is 11.9. The van der Waals surface area contributed by atoms with Gasteiger partial charge in [-0.1, -0.05) is 5.16 Å². The van der Waals surface area contributed by atoms with Gasteiger partial charge in [-0.25, -0.2) is 9.59 Å². The van der Waals surface area contributed by atoms with Crippen LogP contribution in [0.1, 0.15) is 39.4 Å². The lowest BCUT2D eigenvalue weighted by atomic mass is 9.93. The molecule has 0 unspecified atom stereocenters. The SMILES string of the molecule is CC(C)(C)OC(=O)N1CCC(Cc2noc(=O)[nH]2)CC1. The molecule has 0 atom stereocenters. The van der Waals surface area contributed by atoms with Gasteiger partial charge in [-0.05, 0) is 39.5 Å². The summed E-state index contributed by atoms with van der Waals surface area (Å²) in [5.74, 6) is 0.450. The Kier molecular flexibility index (Phi) is 4.15. The monoisotopic (exact) mass is 283 g/mol. The lowest BCUT2D eigenvalue weighted by molar-refractivity contribution is 0.0183. The molecule has 0 aliphatic carbocycles. The maximum Gasteiger partial charge on any atom is 0.438 e.